The van der Waals surface area contributed by atoms with Crippen LogP contribution in [0.2, 0.25) is 0 Å². The normalized spacial score (nSPS) is 26.3. The van der Waals surface area contributed by atoms with E-state index in [1.165, 1.54) is 6.42 Å². The Labute approximate surface area is 128 Å². The van der Waals surface area contributed by atoms with Gasteiger partial charge in [-0.3, -0.25) is 4.79 Å². The van der Waals surface area contributed by atoms with Crippen LogP contribution in [-0.2, 0) is 0 Å². The lowest BCUT2D eigenvalue weighted by Crippen LogP contribution is -2.53. The number of amides is 1. The van der Waals surface area contributed by atoms with Crippen molar-refractivity contribution < 1.29 is 9.90 Å². The zero-order chi connectivity index (χ0) is 14.8. The SMILES string of the molecule is Cc1cc(Br)cc(C(=O)NC2(CO)CCCC(C)C2)c1. The molecule has 0 radical (unpaired) electrons. The Kier molecular flexibility index (Phi) is 4.86. The molecule has 1 saturated carbocycles. The van der Waals surface area contributed by atoms with Crippen LogP contribution in [0.5, 0.6) is 0 Å². The molecule has 3 nitrogen and oxygen atoms in total. The maximum atomic E-state index is 12.4. The smallest absolute Gasteiger partial charge is 0.251 e. The molecule has 1 fully saturated rings. The van der Waals surface area contributed by atoms with Gasteiger partial charge in [0.2, 0.25) is 0 Å². The Morgan fingerprint density at radius 1 is 1.50 bits per heavy atom. The van der Waals surface area contributed by atoms with Gasteiger partial charge in [0.1, 0.15) is 0 Å². The van der Waals surface area contributed by atoms with Gasteiger partial charge in [-0.15, -0.1) is 0 Å². The topological polar surface area (TPSA) is 49.3 Å². The van der Waals surface area contributed by atoms with Gasteiger partial charge in [0.15, 0.2) is 0 Å². The molecule has 2 rings (SSSR count). The van der Waals surface area contributed by atoms with Gasteiger partial charge in [0, 0.05) is 10.0 Å². The van der Waals surface area contributed by atoms with Gasteiger partial charge in [-0.25, -0.2) is 0 Å². The first-order chi connectivity index (χ1) is 9.44. The third-order valence-electron chi connectivity index (χ3n) is 4.08. The van der Waals surface area contributed by atoms with Crippen LogP contribution in [0.3, 0.4) is 0 Å². The van der Waals surface area contributed by atoms with Gasteiger partial charge in [0.05, 0.1) is 12.1 Å². The van der Waals surface area contributed by atoms with Gasteiger partial charge in [-0.05, 0) is 49.4 Å². The first-order valence-corrected chi connectivity index (χ1v) is 7.94. The highest BCUT2D eigenvalue weighted by molar-refractivity contribution is 9.10. The van der Waals surface area contributed by atoms with E-state index in [1.807, 2.05) is 25.1 Å². The number of hydrogen-bond donors (Lipinski definition) is 2. The molecule has 0 bridgehead atoms. The van der Waals surface area contributed by atoms with Crippen LogP contribution in [0.4, 0.5) is 0 Å². The van der Waals surface area contributed by atoms with Crippen molar-refractivity contribution in [2.24, 2.45) is 5.92 Å². The van der Waals surface area contributed by atoms with Crippen LogP contribution in [0.25, 0.3) is 0 Å². The summed E-state index contributed by atoms with van der Waals surface area (Å²) in [6, 6.07) is 5.67. The van der Waals surface area contributed by atoms with Crippen LogP contribution in [0, 0.1) is 12.8 Å². The van der Waals surface area contributed by atoms with E-state index in [0.29, 0.717) is 11.5 Å². The molecule has 0 saturated heterocycles. The maximum absolute atomic E-state index is 12.4. The second-order valence-corrected chi connectivity index (χ2v) is 7.03. The number of hydrogen-bond acceptors (Lipinski definition) is 2. The van der Waals surface area contributed by atoms with Crippen LogP contribution in [-0.4, -0.2) is 23.2 Å². The average molecular weight is 340 g/mol. The summed E-state index contributed by atoms with van der Waals surface area (Å²) in [6.45, 7) is 4.15. The zero-order valence-electron chi connectivity index (χ0n) is 12.1. The van der Waals surface area contributed by atoms with E-state index in [1.54, 1.807) is 0 Å². The summed E-state index contributed by atoms with van der Waals surface area (Å²) in [5, 5.41) is 12.8. The molecule has 4 heteroatoms. The first-order valence-electron chi connectivity index (χ1n) is 7.15. The lowest BCUT2D eigenvalue weighted by Gasteiger charge is -2.39. The predicted octanol–water partition coefficient (Wildman–Crippen LogP) is 3.43. The predicted molar refractivity (Wildman–Crippen MR) is 83.8 cm³/mol. The molecule has 20 heavy (non-hydrogen) atoms. The number of halogens is 1. The Morgan fingerprint density at radius 2 is 2.25 bits per heavy atom. The number of aliphatic hydroxyl groups is 1. The molecule has 0 aromatic heterocycles. The Bertz CT molecular complexity index is 483. The Balaban J connectivity index is 2.16. The van der Waals surface area contributed by atoms with E-state index in [0.717, 1.165) is 29.3 Å². The van der Waals surface area contributed by atoms with Crippen LogP contribution in [0.15, 0.2) is 22.7 Å². The summed E-state index contributed by atoms with van der Waals surface area (Å²) < 4.78 is 0.901. The summed E-state index contributed by atoms with van der Waals surface area (Å²) in [7, 11) is 0. The third kappa shape index (κ3) is 3.61. The van der Waals surface area contributed by atoms with Gasteiger partial charge < -0.3 is 10.4 Å². The molecule has 2 atom stereocenters. The number of carbonyl (C=O) groups excluding carboxylic acids is 1. The molecule has 0 heterocycles. The van der Waals surface area contributed by atoms with E-state index in [9.17, 15) is 9.90 Å². The standard InChI is InChI=1S/C16H22BrNO2/c1-11-4-3-5-16(9-11,10-19)18-15(20)13-6-12(2)7-14(17)8-13/h6-8,11,19H,3-5,9-10H2,1-2H3,(H,18,20). The molecule has 110 valence electrons. The monoisotopic (exact) mass is 339 g/mol. The minimum absolute atomic E-state index is 0.00999. The summed E-state index contributed by atoms with van der Waals surface area (Å²) in [4.78, 5) is 12.4. The van der Waals surface area contributed by atoms with Crippen molar-refractivity contribution in [3.63, 3.8) is 0 Å². The number of benzene rings is 1. The molecule has 1 aromatic rings. The van der Waals surface area contributed by atoms with E-state index in [2.05, 4.69) is 28.2 Å². The Hall–Kier alpha value is -0.870. The molecule has 0 aliphatic heterocycles. The highest BCUT2D eigenvalue weighted by Crippen LogP contribution is 2.32. The minimum Gasteiger partial charge on any atom is -0.394 e. The fourth-order valence-corrected chi connectivity index (χ4v) is 3.74. The van der Waals surface area contributed by atoms with Crippen molar-refractivity contribution in [1.82, 2.24) is 5.32 Å². The molecular weight excluding hydrogens is 318 g/mol. The second-order valence-electron chi connectivity index (χ2n) is 6.11. The van der Waals surface area contributed by atoms with E-state index >= 15 is 0 Å². The van der Waals surface area contributed by atoms with Gasteiger partial charge in [-0.1, -0.05) is 35.7 Å². The fourth-order valence-electron chi connectivity index (χ4n) is 3.14. The number of nitrogens with one attached hydrogen (secondary N) is 1. The first kappa shape index (κ1) is 15.5. The van der Waals surface area contributed by atoms with Crippen molar-refractivity contribution in [1.29, 1.82) is 0 Å². The average Bonchev–Trinajstić information content (AvgIpc) is 2.37. The molecule has 2 N–H and O–H groups in total. The molecule has 2 unspecified atom stereocenters. The largest absolute Gasteiger partial charge is 0.394 e. The van der Waals surface area contributed by atoms with E-state index < -0.39 is 5.54 Å². The quantitative estimate of drug-likeness (QED) is 0.886. The highest BCUT2D eigenvalue weighted by Gasteiger charge is 2.35. The highest BCUT2D eigenvalue weighted by atomic mass is 79.9. The number of rotatable bonds is 3. The number of aliphatic hydroxyl groups excluding tert-OH is 1. The van der Waals surface area contributed by atoms with Crippen molar-refractivity contribution in [2.75, 3.05) is 6.61 Å². The third-order valence-corrected chi connectivity index (χ3v) is 4.53. The lowest BCUT2D eigenvalue weighted by atomic mass is 9.76. The molecule has 1 aromatic carbocycles. The van der Waals surface area contributed by atoms with Crippen molar-refractivity contribution in [3.8, 4) is 0 Å². The van der Waals surface area contributed by atoms with Crippen LogP contribution >= 0.6 is 15.9 Å². The van der Waals surface area contributed by atoms with Gasteiger partial charge in [0.25, 0.3) is 5.91 Å². The summed E-state index contributed by atoms with van der Waals surface area (Å²) in [6.07, 6.45) is 3.93. The summed E-state index contributed by atoms with van der Waals surface area (Å²) in [5.74, 6) is 0.443. The number of carbonyl (C=O) groups is 1. The van der Waals surface area contributed by atoms with Crippen molar-refractivity contribution >= 4 is 21.8 Å². The van der Waals surface area contributed by atoms with Crippen molar-refractivity contribution in [3.05, 3.63) is 33.8 Å². The van der Waals surface area contributed by atoms with Crippen LogP contribution < -0.4 is 5.32 Å². The summed E-state index contributed by atoms with van der Waals surface area (Å²) in [5.41, 5.74) is 1.23. The molecule has 1 aliphatic rings. The molecule has 1 amide bonds. The second kappa shape index (κ2) is 6.27. The molecule has 0 spiro atoms. The Morgan fingerprint density at radius 3 is 2.85 bits per heavy atom. The zero-order valence-corrected chi connectivity index (χ0v) is 13.7. The van der Waals surface area contributed by atoms with E-state index in [4.69, 9.17) is 0 Å². The number of aryl methyl sites for hydroxylation is 1. The molecular formula is C16H22BrNO2. The summed E-state index contributed by atoms with van der Waals surface area (Å²) >= 11 is 3.42. The van der Waals surface area contributed by atoms with E-state index in [-0.39, 0.29) is 12.5 Å². The van der Waals surface area contributed by atoms with Gasteiger partial charge in [-0.2, -0.15) is 0 Å². The lowest BCUT2D eigenvalue weighted by molar-refractivity contribution is 0.0697. The minimum atomic E-state index is -0.453. The van der Waals surface area contributed by atoms with Gasteiger partial charge >= 0.3 is 0 Å². The maximum Gasteiger partial charge on any atom is 0.251 e. The molecule has 1 aliphatic carbocycles. The van der Waals surface area contributed by atoms with Crippen LogP contribution in [0.1, 0.15) is 48.5 Å². The van der Waals surface area contributed by atoms with Crippen molar-refractivity contribution in [2.45, 2.75) is 45.1 Å². The fraction of sp³-hybridized carbons (Fsp3) is 0.562.